The van der Waals surface area contributed by atoms with Gasteiger partial charge in [0.1, 0.15) is 0 Å². The molecule has 18 heavy (non-hydrogen) atoms. The molecular formula is C16H24ClN. The molecule has 0 atom stereocenters. The van der Waals surface area contributed by atoms with Crippen molar-refractivity contribution >= 4 is 17.3 Å². The molecule has 0 radical (unpaired) electrons. The van der Waals surface area contributed by atoms with Crippen LogP contribution in [0.3, 0.4) is 0 Å². The van der Waals surface area contributed by atoms with Gasteiger partial charge in [-0.05, 0) is 50.2 Å². The lowest BCUT2D eigenvalue weighted by atomic mass is 9.86. The summed E-state index contributed by atoms with van der Waals surface area (Å²) in [5.74, 6) is 1.50. The van der Waals surface area contributed by atoms with Crippen molar-refractivity contribution in [1.29, 1.82) is 0 Å². The molecular weight excluding hydrogens is 242 g/mol. The molecule has 1 aliphatic rings. The van der Waals surface area contributed by atoms with Gasteiger partial charge in [0.25, 0.3) is 0 Å². The van der Waals surface area contributed by atoms with Crippen LogP contribution >= 0.6 is 11.6 Å². The van der Waals surface area contributed by atoms with Crippen LogP contribution in [0.4, 0.5) is 5.69 Å². The number of rotatable bonds is 3. The number of hydrogen-bond acceptors (Lipinski definition) is 1. The summed E-state index contributed by atoms with van der Waals surface area (Å²) in [4.78, 5) is 2.45. The molecule has 1 nitrogen and oxygen atoms in total. The Morgan fingerprint density at radius 3 is 2.50 bits per heavy atom. The third-order valence-electron chi connectivity index (χ3n) is 4.29. The fourth-order valence-corrected chi connectivity index (χ4v) is 3.21. The van der Waals surface area contributed by atoms with Crippen molar-refractivity contribution < 1.29 is 0 Å². The SMILES string of the molecule is Cc1ccc(N(C)C2CCC(C)CC2)c(CCl)c1. The number of anilines is 1. The minimum Gasteiger partial charge on any atom is -0.371 e. The third-order valence-corrected chi connectivity index (χ3v) is 4.58. The van der Waals surface area contributed by atoms with E-state index in [-0.39, 0.29) is 0 Å². The lowest BCUT2D eigenvalue weighted by Gasteiger charge is -2.36. The van der Waals surface area contributed by atoms with Crippen molar-refractivity contribution in [2.24, 2.45) is 5.92 Å². The molecule has 0 heterocycles. The lowest BCUT2D eigenvalue weighted by Crippen LogP contribution is -2.35. The largest absolute Gasteiger partial charge is 0.371 e. The summed E-state index contributed by atoms with van der Waals surface area (Å²) in [6.07, 6.45) is 5.34. The zero-order chi connectivity index (χ0) is 13.1. The van der Waals surface area contributed by atoms with Gasteiger partial charge in [0, 0.05) is 24.7 Å². The van der Waals surface area contributed by atoms with Crippen LogP contribution in [-0.4, -0.2) is 13.1 Å². The van der Waals surface area contributed by atoms with Crippen molar-refractivity contribution in [3.63, 3.8) is 0 Å². The molecule has 0 saturated heterocycles. The van der Waals surface area contributed by atoms with Gasteiger partial charge < -0.3 is 4.90 Å². The Hall–Kier alpha value is -0.690. The first-order chi connectivity index (χ1) is 8.61. The highest BCUT2D eigenvalue weighted by atomic mass is 35.5. The van der Waals surface area contributed by atoms with Gasteiger partial charge in [0.15, 0.2) is 0 Å². The summed E-state index contributed by atoms with van der Waals surface area (Å²) >= 11 is 6.08. The monoisotopic (exact) mass is 265 g/mol. The van der Waals surface area contributed by atoms with Crippen LogP contribution in [0.2, 0.25) is 0 Å². The molecule has 1 aromatic carbocycles. The second-order valence-corrected chi connectivity index (χ2v) is 6.06. The summed E-state index contributed by atoms with van der Waals surface area (Å²) in [5.41, 5.74) is 3.87. The van der Waals surface area contributed by atoms with Gasteiger partial charge in [-0.2, -0.15) is 0 Å². The lowest BCUT2D eigenvalue weighted by molar-refractivity contribution is 0.340. The van der Waals surface area contributed by atoms with Crippen molar-refractivity contribution in [3.05, 3.63) is 29.3 Å². The van der Waals surface area contributed by atoms with Crippen LogP contribution in [0, 0.1) is 12.8 Å². The smallest absolute Gasteiger partial charge is 0.0494 e. The molecule has 0 unspecified atom stereocenters. The predicted molar refractivity (Wildman–Crippen MR) is 80.6 cm³/mol. The van der Waals surface area contributed by atoms with Gasteiger partial charge in [0.2, 0.25) is 0 Å². The van der Waals surface area contributed by atoms with Crippen molar-refractivity contribution in [1.82, 2.24) is 0 Å². The molecule has 1 fully saturated rings. The number of halogens is 1. The van der Waals surface area contributed by atoms with E-state index in [0.717, 1.165) is 5.92 Å². The third kappa shape index (κ3) is 3.00. The molecule has 0 bridgehead atoms. The minimum atomic E-state index is 0.602. The Morgan fingerprint density at radius 2 is 1.89 bits per heavy atom. The molecule has 1 saturated carbocycles. The van der Waals surface area contributed by atoms with Crippen molar-refractivity contribution in [2.45, 2.75) is 51.5 Å². The maximum Gasteiger partial charge on any atom is 0.0494 e. The Balaban J connectivity index is 2.15. The van der Waals surface area contributed by atoms with E-state index < -0.39 is 0 Å². The van der Waals surface area contributed by atoms with Gasteiger partial charge in [-0.15, -0.1) is 11.6 Å². The van der Waals surface area contributed by atoms with Gasteiger partial charge in [-0.3, -0.25) is 0 Å². The second kappa shape index (κ2) is 5.97. The van der Waals surface area contributed by atoms with Crippen LogP contribution in [0.5, 0.6) is 0 Å². The van der Waals surface area contributed by atoms with E-state index in [2.05, 4.69) is 44.0 Å². The van der Waals surface area contributed by atoms with E-state index in [1.54, 1.807) is 0 Å². The zero-order valence-corrected chi connectivity index (χ0v) is 12.5. The Bertz CT molecular complexity index is 394. The first-order valence-corrected chi connectivity index (χ1v) is 7.53. The average molecular weight is 266 g/mol. The van der Waals surface area contributed by atoms with Crippen LogP contribution in [0.1, 0.15) is 43.7 Å². The van der Waals surface area contributed by atoms with Crippen LogP contribution in [0.15, 0.2) is 18.2 Å². The van der Waals surface area contributed by atoms with Crippen molar-refractivity contribution in [3.8, 4) is 0 Å². The normalized spacial score (nSPS) is 24.0. The number of alkyl halides is 1. The number of nitrogens with zero attached hydrogens (tertiary/aromatic N) is 1. The van der Waals surface area contributed by atoms with Crippen molar-refractivity contribution in [2.75, 3.05) is 11.9 Å². The van der Waals surface area contributed by atoms with E-state index in [4.69, 9.17) is 11.6 Å². The molecule has 100 valence electrons. The first-order valence-electron chi connectivity index (χ1n) is 7.00. The fraction of sp³-hybridized carbons (Fsp3) is 0.625. The standard InChI is InChI=1S/C16H24ClN/c1-12-4-7-15(8-5-12)18(3)16-9-6-13(2)10-14(16)11-17/h6,9-10,12,15H,4-5,7-8,11H2,1-3H3. The van der Waals surface area contributed by atoms with Gasteiger partial charge >= 0.3 is 0 Å². The van der Waals surface area contributed by atoms with Gasteiger partial charge in [0.05, 0.1) is 0 Å². The molecule has 2 heteroatoms. The highest BCUT2D eigenvalue weighted by Gasteiger charge is 2.22. The quantitative estimate of drug-likeness (QED) is 0.713. The van der Waals surface area contributed by atoms with E-state index >= 15 is 0 Å². The fourth-order valence-electron chi connectivity index (χ4n) is 2.99. The van der Waals surface area contributed by atoms with Crippen LogP contribution in [-0.2, 0) is 5.88 Å². The summed E-state index contributed by atoms with van der Waals surface area (Å²) in [6, 6.07) is 7.31. The Morgan fingerprint density at radius 1 is 1.22 bits per heavy atom. The number of hydrogen-bond donors (Lipinski definition) is 0. The summed E-state index contributed by atoms with van der Waals surface area (Å²) in [7, 11) is 2.22. The van der Waals surface area contributed by atoms with Gasteiger partial charge in [-0.1, -0.05) is 24.6 Å². The summed E-state index contributed by atoms with van der Waals surface area (Å²) in [5, 5.41) is 0. The maximum absolute atomic E-state index is 6.08. The predicted octanol–water partition coefficient (Wildman–Crippen LogP) is 4.75. The summed E-state index contributed by atoms with van der Waals surface area (Å²) < 4.78 is 0. The first kappa shape index (κ1) is 13.7. The molecule has 0 spiro atoms. The highest BCUT2D eigenvalue weighted by molar-refractivity contribution is 6.17. The molecule has 1 aliphatic carbocycles. The second-order valence-electron chi connectivity index (χ2n) is 5.79. The van der Waals surface area contributed by atoms with Crippen LogP contribution in [0.25, 0.3) is 0 Å². The maximum atomic E-state index is 6.08. The number of benzene rings is 1. The van der Waals surface area contributed by atoms with E-state index in [1.807, 2.05) is 0 Å². The minimum absolute atomic E-state index is 0.602. The molecule has 1 aromatic rings. The molecule has 0 amide bonds. The number of aryl methyl sites for hydroxylation is 1. The van der Waals surface area contributed by atoms with E-state index in [0.29, 0.717) is 11.9 Å². The zero-order valence-electron chi connectivity index (χ0n) is 11.7. The molecule has 0 N–H and O–H groups in total. The summed E-state index contributed by atoms with van der Waals surface area (Å²) in [6.45, 7) is 4.49. The van der Waals surface area contributed by atoms with Gasteiger partial charge in [-0.25, -0.2) is 0 Å². The Kier molecular flexibility index (Phi) is 4.55. The van der Waals surface area contributed by atoms with E-state index in [1.165, 1.54) is 42.5 Å². The average Bonchev–Trinajstić information content (AvgIpc) is 2.38. The highest BCUT2D eigenvalue weighted by Crippen LogP contribution is 2.31. The van der Waals surface area contributed by atoms with Crippen LogP contribution < -0.4 is 4.90 Å². The topological polar surface area (TPSA) is 3.24 Å². The Labute approximate surface area is 116 Å². The molecule has 2 rings (SSSR count). The molecule has 0 aliphatic heterocycles. The molecule has 0 aromatic heterocycles. The van der Waals surface area contributed by atoms with E-state index in [9.17, 15) is 0 Å².